The van der Waals surface area contributed by atoms with Gasteiger partial charge in [-0.25, -0.2) is 0 Å². The predicted molar refractivity (Wildman–Crippen MR) is 74.4 cm³/mol. The van der Waals surface area contributed by atoms with E-state index in [-0.39, 0.29) is 12.1 Å². The van der Waals surface area contributed by atoms with Gasteiger partial charge in [-0.3, -0.25) is 4.98 Å². The number of likely N-dealkylation sites (N-methyl/N-ethyl adjacent to an activating group) is 1. The van der Waals surface area contributed by atoms with Crippen molar-refractivity contribution < 1.29 is 5.11 Å². The van der Waals surface area contributed by atoms with Crippen LogP contribution in [0.15, 0.2) is 24.5 Å². The van der Waals surface area contributed by atoms with Crippen LogP contribution >= 0.6 is 0 Å². The molecule has 1 rings (SSSR count). The van der Waals surface area contributed by atoms with Gasteiger partial charge < -0.3 is 15.3 Å². The number of aliphatic hydroxyl groups excluding tert-OH is 1. The molecule has 0 saturated heterocycles. The lowest BCUT2D eigenvalue weighted by molar-refractivity contribution is 0.114. The second kappa shape index (κ2) is 8.19. The first-order valence-electron chi connectivity index (χ1n) is 6.71. The van der Waals surface area contributed by atoms with Crippen LogP contribution in [0.4, 0.5) is 0 Å². The average Bonchev–Trinajstić information content (AvgIpc) is 2.43. The molecule has 0 aliphatic heterocycles. The van der Waals surface area contributed by atoms with Crippen LogP contribution in [0.2, 0.25) is 0 Å². The number of nitrogens with one attached hydrogen (secondary N) is 1. The highest BCUT2D eigenvalue weighted by molar-refractivity contribution is 5.12. The first-order chi connectivity index (χ1) is 8.67. The van der Waals surface area contributed by atoms with E-state index in [2.05, 4.69) is 36.0 Å². The summed E-state index contributed by atoms with van der Waals surface area (Å²) in [7, 11) is 0. The molecule has 0 saturated carbocycles. The summed E-state index contributed by atoms with van der Waals surface area (Å²) in [4.78, 5) is 6.32. The first kappa shape index (κ1) is 15.1. The van der Waals surface area contributed by atoms with Crippen LogP contribution in [0.25, 0.3) is 0 Å². The summed E-state index contributed by atoms with van der Waals surface area (Å²) in [6.45, 7) is 9.59. The Morgan fingerprint density at radius 3 is 2.67 bits per heavy atom. The van der Waals surface area contributed by atoms with Crippen molar-refractivity contribution in [2.75, 3.05) is 26.2 Å². The molecule has 0 radical (unpaired) electrons. The molecule has 102 valence electrons. The van der Waals surface area contributed by atoms with Crippen molar-refractivity contribution in [2.45, 2.75) is 32.9 Å². The van der Waals surface area contributed by atoms with E-state index in [1.807, 2.05) is 18.3 Å². The molecular formula is C14H25N3O. The van der Waals surface area contributed by atoms with Gasteiger partial charge in [0.25, 0.3) is 0 Å². The van der Waals surface area contributed by atoms with Crippen molar-refractivity contribution in [1.29, 1.82) is 0 Å². The lowest BCUT2D eigenvalue weighted by atomic mass is 10.1. The Hall–Kier alpha value is -0.970. The smallest absolute Gasteiger partial charge is 0.0791 e. The molecule has 0 fully saturated rings. The van der Waals surface area contributed by atoms with Crippen LogP contribution in [0.5, 0.6) is 0 Å². The summed E-state index contributed by atoms with van der Waals surface area (Å²) >= 11 is 0. The number of nitrogens with zero attached hydrogens (tertiary/aromatic N) is 2. The second-order valence-corrected chi connectivity index (χ2v) is 4.56. The molecule has 1 aromatic heterocycles. The van der Waals surface area contributed by atoms with Crippen molar-refractivity contribution in [3.8, 4) is 0 Å². The SMILES string of the molecule is CCN(CC)CC(O)CN[C@@H](C)c1cccnc1. The molecule has 4 heteroatoms. The third kappa shape index (κ3) is 5.12. The van der Waals surface area contributed by atoms with Crippen LogP contribution in [0.1, 0.15) is 32.4 Å². The Bertz CT molecular complexity index is 314. The number of pyridine rings is 1. The maximum atomic E-state index is 9.96. The number of hydrogen-bond donors (Lipinski definition) is 2. The molecular weight excluding hydrogens is 226 g/mol. The summed E-state index contributed by atoms with van der Waals surface area (Å²) in [5.41, 5.74) is 1.15. The maximum absolute atomic E-state index is 9.96. The topological polar surface area (TPSA) is 48.4 Å². The highest BCUT2D eigenvalue weighted by atomic mass is 16.3. The zero-order chi connectivity index (χ0) is 13.4. The number of hydrogen-bond acceptors (Lipinski definition) is 4. The van der Waals surface area contributed by atoms with Gasteiger partial charge in [0.2, 0.25) is 0 Å². The van der Waals surface area contributed by atoms with E-state index in [0.29, 0.717) is 6.54 Å². The number of rotatable bonds is 8. The zero-order valence-electron chi connectivity index (χ0n) is 11.6. The molecule has 0 bridgehead atoms. The zero-order valence-corrected chi connectivity index (χ0v) is 11.6. The normalized spacial score (nSPS) is 14.7. The third-order valence-electron chi connectivity index (χ3n) is 3.21. The van der Waals surface area contributed by atoms with Gasteiger partial charge in [0, 0.05) is 31.5 Å². The molecule has 0 amide bonds. The summed E-state index contributed by atoms with van der Waals surface area (Å²) in [6.07, 6.45) is 3.30. The van der Waals surface area contributed by atoms with Crippen LogP contribution in [0.3, 0.4) is 0 Å². The fourth-order valence-electron chi connectivity index (χ4n) is 1.91. The van der Waals surface area contributed by atoms with Crippen LogP contribution in [-0.2, 0) is 0 Å². The Labute approximate surface area is 110 Å². The highest BCUT2D eigenvalue weighted by Gasteiger charge is 2.11. The molecule has 18 heavy (non-hydrogen) atoms. The van der Waals surface area contributed by atoms with Crippen molar-refractivity contribution >= 4 is 0 Å². The van der Waals surface area contributed by atoms with E-state index in [4.69, 9.17) is 0 Å². The van der Waals surface area contributed by atoms with Crippen LogP contribution < -0.4 is 5.32 Å². The molecule has 1 unspecified atom stereocenters. The van der Waals surface area contributed by atoms with E-state index in [1.165, 1.54) is 0 Å². The maximum Gasteiger partial charge on any atom is 0.0791 e. The summed E-state index contributed by atoms with van der Waals surface area (Å²) in [6, 6.07) is 4.19. The van der Waals surface area contributed by atoms with Gasteiger partial charge in [0.15, 0.2) is 0 Å². The van der Waals surface area contributed by atoms with Crippen molar-refractivity contribution in [3.63, 3.8) is 0 Å². The number of aromatic nitrogens is 1. The largest absolute Gasteiger partial charge is 0.390 e. The number of aliphatic hydroxyl groups is 1. The van der Waals surface area contributed by atoms with E-state index < -0.39 is 0 Å². The second-order valence-electron chi connectivity index (χ2n) is 4.56. The minimum absolute atomic E-state index is 0.213. The Morgan fingerprint density at radius 2 is 2.11 bits per heavy atom. The molecule has 4 nitrogen and oxygen atoms in total. The van der Waals surface area contributed by atoms with Gasteiger partial charge in [-0.1, -0.05) is 19.9 Å². The molecule has 2 N–H and O–H groups in total. The quantitative estimate of drug-likeness (QED) is 0.734. The van der Waals surface area contributed by atoms with Crippen molar-refractivity contribution in [3.05, 3.63) is 30.1 Å². The standard InChI is InChI=1S/C14H25N3O/c1-4-17(5-2)11-14(18)10-16-12(3)13-7-6-8-15-9-13/h6-9,12,14,16,18H,4-5,10-11H2,1-3H3/t12-,14?/m0/s1. The van der Waals surface area contributed by atoms with Gasteiger partial charge in [0.1, 0.15) is 0 Å². The van der Waals surface area contributed by atoms with Crippen LogP contribution in [-0.4, -0.2) is 47.3 Å². The molecule has 2 atom stereocenters. The van der Waals surface area contributed by atoms with Gasteiger partial charge in [-0.05, 0) is 31.6 Å². The summed E-state index contributed by atoms with van der Waals surface area (Å²) in [5.74, 6) is 0. The Morgan fingerprint density at radius 1 is 1.39 bits per heavy atom. The molecule has 0 aliphatic carbocycles. The molecule has 0 spiro atoms. The third-order valence-corrected chi connectivity index (χ3v) is 3.21. The minimum atomic E-state index is -0.330. The van der Waals surface area contributed by atoms with Gasteiger partial charge >= 0.3 is 0 Å². The average molecular weight is 251 g/mol. The molecule has 1 aromatic rings. The van der Waals surface area contributed by atoms with Gasteiger partial charge in [-0.15, -0.1) is 0 Å². The summed E-state index contributed by atoms with van der Waals surface area (Å²) < 4.78 is 0. The molecule has 0 aromatic carbocycles. The first-order valence-corrected chi connectivity index (χ1v) is 6.71. The lowest BCUT2D eigenvalue weighted by Crippen LogP contribution is -2.38. The summed E-state index contributed by atoms with van der Waals surface area (Å²) in [5, 5.41) is 13.3. The van der Waals surface area contributed by atoms with Crippen molar-refractivity contribution in [2.24, 2.45) is 0 Å². The van der Waals surface area contributed by atoms with Crippen molar-refractivity contribution in [1.82, 2.24) is 15.2 Å². The van der Waals surface area contributed by atoms with E-state index in [1.54, 1.807) is 6.20 Å². The molecule has 0 aliphatic rings. The minimum Gasteiger partial charge on any atom is -0.390 e. The van der Waals surface area contributed by atoms with E-state index in [0.717, 1.165) is 25.2 Å². The fraction of sp³-hybridized carbons (Fsp3) is 0.643. The fourth-order valence-corrected chi connectivity index (χ4v) is 1.91. The van der Waals surface area contributed by atoms with E-state index in [9.17, 15) is 5.11 Å². The van der Waals surface area contributed by atoms with Gasteiger partial charge in [0.05, 0.1) is 6.10 Å². The monoisotopic (exact) mass is 251 g/mol. The predicted octanol–water partition coefficient (Wildman–Crippen LogP) is 1.43. The van der Waals surface area contributed by atoms with Gasteiger partial charge in [-0.2, -0.15) is 0 Å². The Kier molecular flexibility index (Phi) is 6.86. The highest BCUT2D eigenvalue weighted by Crippen LogP contribution is 2.09. The van der Waals surface area contributed by atoms with E-state index >= 15 is 0 Å². The molecule has 1 heterocycles. The van der Waals surface area contributed by atoms with Crippen LogP contribution in [0, 0.1) is 0 Å². The lowest BCUT2D eigenvalue weighted by Gasteiger charge is -2.23. The Balaban J connectivity index is 2.32.